The minimum Gasteiger partial charge on any atom is -0.497 e. The fourth-order valence-electron chi connectivity index (χ4n) is 3.06. The molecule has 5 heteroatoms. The molecule has 0 radical (unpaired) electrons. The van der Waals surface area contributed by atoms with E-state index >= 15 is 0 Å². The van der Waals surface area contributed by atoms with Crippen LogP contribution in [0, 0.1) is 0 Å². The molecular formula is C24H18BrNO3. The van der Waals surface area contributed by atoms with E-state index in [-0.39, 0.29) is 12.6 Å². The standard InChI is InChI=1S/C24H18BrNO3/c1-28-19-12-8-17(9-13-19)23-14-21(20-4-2-3-5-22(20)26-23)24(27)29-15-16-6-10-18(25)11-7-16/h2-14H,15H2,1H3. The number of para-hydroxylation sites is 1. The number of nitrogens with zero attached hydrogens (tertiary/aromatic N) is 1. The van der Waals surface area contributed by atoms with Crippen LogP contribution in [0.3, 0.4) is 0 Å². The molecule has 0 N–H and O–H groups in total. The first-order valence-corrected chi connectivity index (χ1v) is 9.89. The molecule has 4 nitrogen and oxygen atoms in total. The summed E-state index contributed by atoms with van der Waals surface area (Å²) in [4.78, 5) is 17.6. The largest absolute Gasteiger partial charge is 0.497 e. The predicted octanol–water partition coefficient (Wildman–Crippen LogP) is 6.03. The van der Waals surface area contributed by atoms with E-state index in [0.29, 0.717) is 11.3 Å². The Kier molecular flexibility index (Phi) is 5.58. The molecule has 3 aromatic carbocycles. The number of aromatic nitrogens is 1. The van der Waals surface area contributed by atoms with Crippen LogP contribution in [0.15, 0.2) is 83.3 Å². The summed E-state index contributed by atoms with van der Waals surface area (Å²) in [7, 11) is 1.63. The Morgan fingerprint density at radius 3 is 2.41 bits per heavy atom. The maximum Gasteiger partial charge on any atom is 0.339 e. The number of benzene rings is 3. The number of ether oxygens (including phenoxy) is 2. The van der Waals surface area contributed by atoms with Crippen LogP contribution in [0.2, 0.25) is 0 Å². The number of hydrogen-bond donors (Lipinski definition) is 0. The van der Waals surface area contributed by atoms with Crippen molar-refractivity contribution in [1.29, 1.82) is 0 Å². The molecule has 0 spiro atoms. The Morgan fingerprint density at radius 2 is 1.69 bits per heavy atom. The summed E-state index contributed by atoms with van der Waals surface area (Å²) in [5.74, 6) is 0.393. The maximum atomic E-state index is 12.9. The van der Waals surface area contributed by atoms with Crippen molar-refractivity contribution in [3.05, 3.63) is 94.5 Å². The number of esters is 1. The van der Waals surface area contributed by atoms with Crippen molar-refractivity contribution in [1.82, 2.24) is 4.98 Å². The van der Waals surface area contributed by atoms with Crippen molar-refractivity contribution in [3.63, 3.8) is 0 Å². The molecule has 0 saturated heterocycles. The van der Waals surface area contributed by atoms with Crippen molar-refractivity contribution >= 4 is 32.8 Å². The van der Waals surface area contributed by atoms with Gasteiger partial charge in [0.2, 0.25) is 0 Å². The lowest BCUT2D eigenvalue weighted by Gasteiger charge is -2.11. The molecule has 0 amide bonds. The Hall–Kier alpha value is -3.18. The van der Waals surface area contributed by atoms with E-state index in [9.17, 15) is 4.79 Å². The second kappa shape index (κ2) is 8.45. The third-order valence-corrected chi connectivity index (χ3v) is 5.13. The summed E-state index contributed by atoms with van der Waals surface area (Å²) >= 11 is 3.41. The highest BCUT2D eigenvalue weighted by molar-refractivity contribution is 9.10. The van der Waals surface area contributed by atoms with E-state index in [0.717, 1.165) is 32.3 Å². The van der Waals surface area contributed by atoms with Gasteiger partial charge in [-0.15, -0.1) is 0 Å². The Labute approximate surface area is 177 Å². The molecule has 0 unspecified atom stereocenters. The van der Waals surface area contributed by atoms with E-state index in [1.54, 1.807) is 13.2 Å². The summed E-state index contributed by atoms with van der Waals surface area (Å²) in [5.41, 5.74) is 3.78. The van der Waals surface area contributed by atoms with Crippen LogP contribution in [0.25, 0.3) is 22.2 Å². The molecular weight excluding hydrogens is 430 g/mol. The third kappa shape index (κ3) is 4.30. The Balaban J connectivity index is 1.68. The summed E-state index contributed by atoms with van der Waals surface area (Å²) in [6.45, 7) is 0.209. The van der Waals surface area contributed by atoms with Gasteiger partial charge in [0.05, 0.1) is 23.9 Å². The quantitative estimate of drug-likeness (QED) is 0.350. The molecule has 1 aromatic heterocycles. The first-order valence-electron chi connectivity index (χ1n) is 9.10. The molecule has 0 aliphatic rings. The fraction of sp³-hybridized carbons (Fsp3) is 0.0833. The zero-order chi connectivity index (χ0) is 20.2. The molecule has 29 heavy (non-hydrogen) atoms. The lowest BCUT2D eigenvalue weighted by atomic mass is 10.0. The SMILES string of the molecule is COc1ccc(-c2cc(C(=O)OCc3ccc(Br)cc3)c3ccccc3n2)cc1. The molecule has 4 aromatic rings. The minimum atomic E-state index is -0.374. The van der Waals surface area contributed by atoms with Gasteiger partial charge in [0.15, 0.2) is 0 Å². The summed E-state index contributed by atoms with van der Waals surface area (Å²) < 4.78 is 11.8. The van der Waals surface area contributed by atoms with Gasteiger partial charge in [-0.05, 0) is 54.1 Å². The number of methoxy groups -OCH3 is 1. The van der Waals surface area contributed by atoms with Crippen molar-refractivity contribution < 1.29 is 14.3 Å². The van der Waals surface area contributed by atoms with Crippen molar-refractivity contribution in [2.24, 2.45) is 0 Å². The van der Waals surface area contributed by atoms with Gasteiger partial charge >= 0.3 is 5.97 Å². The van der Waals surface area contributed by atoms with Gasteiger partial charge < -0.3 is 9.47 Å². The molecule has 1 heterocycles. The Bertz CT molecular complexity index is 1160. The average molecular weight is 448 g/mol. The van der Waals surface area contributed by atoms with Crippen molar-refractivity contribution in [3.8, 4) is 17.0 Å². The highest BCUT2D eigenvalue weighted by Gasteiger charge is 2.15. The van der Waals surface area contributed by atoms with Gasteiger partial charge in [-0.1, -0.05) is 46.3 Å². The van der Waals surface area contributed by atoms with Gasteiger partial charge in [0, 0.05) is 15.4 Å². The summed E-state index contributed by atoms with van der Waals surface area (Å²) in [6, 6.07) is 24.6. The fourth-order valence-corrected chi connectivity index (χ4v) is 3.33. The smallest absolute Gasteiger partial charge is 0.339 e. The zero-order valence-electron chi connectivity index (χ0n) is 15.8. The van der Waals surface area contributed by atoms with E-state index in [1.807, 2.05) is 72.8 Å². The van der Waals surface area contributed by atoms with Crippen molar-refractivity contribution in [2.75, 3.05) is 7.11 Å². The monoisotopic (exact) mass is 447 g/mol. The number of fused-ring (bicyclic) bond motifs is 1. The second-order valence-corrected chi connectivity index (χ2v) is 7.42. The first-order chi connectivity index (χ1) is 14.1. The lowest BCUT2D eigenvalue weighted by Crippen LogP contribution is -2.07. The normalized spacial score (nSPS) is 10.7. The van der Waals surface area contributed by atoms with Crippen LogP contribution in [0.5, 0.6) is 5.75 Å². The first kappa shape index (κ1) is 19.2. The van der Waals surface area contributed by atoms with Gasteiger partial charge in [-0.3, -0.25) is 0 Å². The summed E-state index contributed by atoms with van der Waals surface area (Å²) in [6.07, 6.45) is 0. The van der Waals surface area contributed by atoms with Crippen LogP contribution in [0.1, 0.15) is 15.9 Å². The van der Waals surface area contributed by atoms with E-state index < -0.39 is 0 Å². The van der Waals surface area contributed by atoms with Crippen molar-refractivity contribution in [2.45, 2.75) is 6.61 Å². The van der Waals surface area contributed by atoms with Crippen LogP contribution in [-0.2, 0) is 11.3 Å². The minimum absolute atomic E-state index is 0.209. The van der Waals surface area contributed by atoms with E-state index in [4.69, 9.17) is 14.5 Å². The number of pyridine rings is 1. The van der Waals surface area contributed by atoms with Gasteiger partial charge in [-0.25, -0.2) is 9.78 Å². The molecule has 0 fully saturated rings. The summed E-state index contributed by atoms with van der Waals surface area (Å²) in [5, 5.41) is 0.769. The zero-order valence-corrected chi connectivity index (χ0v) is 17.3. The molecule has 0 bridgehead atoms. The highest BCUT2D eigenvalue weighted by Crippen LogP contribution is 2.27. The molecule has 0 aliphatic heterocycles. The third-order valence-electron chi connectivity index (χ3n) is 4.61. The predicted molar refractivity (Wildman–Crippen MR) is 117 cm³/mol. The van der Waals surface area contributed by atoms with Crippen LogP contribution in [-0.4, -0.2) is 18.1 Å². The van der Waals surface area contributed by atoms with Gasteiger partial charge in [0.25, 0.3) is 0 Å². The number of hydrogen-bond acceptors (Lipinski definition) is 4. The molecule has 4 rings (SSSR count). The van der Waals surface area contributed by atoms with Crippen LogP contribution in [0.4, 0.5) is 0 Å². The number of rotatable bonds is 5. The molecule has 0 saturated carbocycles. The number of carbonyl (C=O) groups is 1. The second-order valence-electron chi connectivity index (χ2n) is 6.50. The van der Waals surface area contributed by atoms with E-state index in [2.05, 4.69) is 15.9 Å². The van der Waals surface area contributed by atoms with Gasteiger partial charge in [0.1, 0.15) is 12.4 Å². The highest BCUT2D eigenvalue weighted by atomic mass is 79.9. The van der Waals surface area contributed by atoms with Crippen LogP contribution >= 0.6 is 15.9 Å². The molecule has 144 valence electrons. The topological polar surface area (TPSA) is 48.4 Å². The average Bonchev–Trinajstić information content (AvgIpc) is 2.78. The number of halogens is 1. The Morgan fingerprint density at radius 1 is 0.966 bits per heavy atom. The molecule has 0 aliphatic carbocycles. The molecule has 0 atom stereocenters. The number of carbonyl (C=O) groups excluding carboxylic acids is 1. The van der Waals surface area contributed by atoms with Crippen LogP contribution < -0.4 is 4.74 Å². The maximum absolute atomic E-state index is 12.9. The lowest BCUT2D eigenvalue weighted by molar-refractivity contribution is 0.0475. The van der Waals surface area contributed by atoms with E-state index in [1.165, 1.54) is 0 Å². The van der Waals surface area contributed by atoms with Gasteiger partial charge in [-0.2, -0.15) is 0 Å².